The number of anilines is 1. The zero-order valence-electron chi connectivity index (χ0n) is 14.7. The molecule has 0 radical (unpaired) electrons. The maximum atomic E-state index is 12.5. The molecule has 0 saturated carbocycles. The number of para-hydroxylation sites is 1. The molecule has 0 atom stereocenters. The Morgan fingerprint density at radius 1 is 1.22 bits per heavy atom. The van der Waals surface area contributed by atoms with Gasteiger partial charge >= 0.3 is 0 Å². The molecule has 1 aromatic carbocycles. The second kappa shape index (κ2) is 6.81. The lowest BCUT2D eigenvalue weighted by molar-refractivity contribution is 0.0994. The van der Waals surface area contributed by atoms with Crippen LogP contribution in [0.5, 0.6) is 0 Å². The fourth-order valence-corrected chi connectivity index (χ4v) is 3.47. The molecule has 1 amide bonds. The fraction of sp³-hybridized carbons (Fsp3) is 0.158. The molecule has 3 heterocycles. The largest absolute Gasteiger partial charge is 0.454 e. The lowest BCUT2D eigenvalue weighted by Gasteiger charge is -2.04. The molecule has 3 aromatic heterocycles. The number of hydrogen-bond acceptors (Lipinski definition) is 6. The fourth-order valence-electron chi connectivity index (χ4n) is 2.66. The Morgan fingerprint density at radius 3 is 2.81 bits per heavy atom. The summed E-state index contributed by atoms with van der Waals surface area (Å²) < 4.78 is 7.06. The molecule has 8 heteroatoms. The van der Waals surface area contributed by atoms with Gasteiger partial charge in [-0.25, -0.2) is 9.97 Å². The van der Waals surface area contributed by atoms with Crippen LogP contribution in [0.3, 0.4) is 0 Å². The molecule has 4 aromatic rings. The third-order valence-corrected chi connectivity index (χ3v) is 5.18. The first-order valence-electron chi connectivity index (χ1n) is 8.29. The van der Waals surface area contributed by atoms with Gasteiger partial charge in [0, 0.05) is 4.88 Å². The van der Waals surface area contributed by atoms with Gasteiger partial charge < -0.3 is 4.42 Å². The number of aromatic nitrogens is 3. The van der Waals surface area contributed by atoms with Crippen molar-refractivity contribution in [1.29, 1.82) is 0 Å². The molecule has 0 spiro atoms. The molecule has 4 rings (SSSR count). The SMILES string of the molecule is Cc1nc(NC(=O)c2ccc(Cn3cnc4ccccc4c3=O)o2)sc1C. The second-order valence-corrected chi connectivity index (χ2v) is 7.28. The number of benzene rings is 1. The van der Waals surface area contributed by atoms with Crippen molar-refractivity contribution in [3.05, 3.63) is 75.2 Å². The first-order chi connectivity index (χ1) is 13.0. The standard InChI is InChI=1S/C19H16N4O3S/c1-11-12(2)27-19(21-11)22-17(24)16-8-7-13(26-16)9-23-10-20-15-6-4-3-5-14(15)18(23)25/h3-8,10H,9H2,1-2H3,(H,21,22,24). The molecule has 1 N–H and O–H groups in total. The van der Waals surface area contributed by atoms with Crippen LogP contribution in [0.25, 0.3) is 10.9 Å². The summed E-state index contributed by atoms with van der Waals surface area (Å²) in [4.78, 5) is 34.5. The van der Waals surface area contributed by atoms with Crippen molar-refractivity contribution >= 4 is 33.3 Å². The summed E-state index contributed by atoms with van der Waals surface area (Å²) in [5, 5.41) is 3.80. The van der Waals surface area contributed by atoms with E-state index in [1.54, 1.807) is 30.3 Å². The lowest BCUT2D eigenvalue weighted by atomic mass is 10.2. The van der Waals surface area contributed by atoms with Crippen molar-refractivity contribution < 1.29 is 9.21 Å². The van der Waals surface area contributed by atoms with Crippen LogP contribution in [-0.2, 0) is 6.54 Å². The van der Waals surface area contributed by atoms with Gasteiger partial charge in [-0.05, 0) is 38.1 Å². The van der Waals surface area contributed by atoms with Crippen molar-refractivity contribution in [2.24, 2.45) is 0 Å². The molecule has 0 bridgehead atoms. The zero-order chi connectivity index (χ0) is 19.0. The van der Waals surface area contributed by atoms with Crippen LogP contribution < -0.4 is 10.9 Å². The van der Waals surface area contributed by atoms with Gasteiger partial charge in [0.15, 0.2) is 10.9 Å². The number of nitrogens with zero attached hydrogens (tertiary/aromatic N) is 3. The van der Waals surface area contributed by atoms with E-state index in [9.17, 15) is 9.59 Å². The molecular weight excluding hydrogens is 364 g/mol. The van der Waals surface area contributed by atoms with Crippen molar-refractivity contribution in [3.8, 4) is 0 Å². The molecule has 27 heavy (non-hydrogen) atoms. The van der Waals surface area contributed by atoms with Crippen molar-refractivity contribution in [3.63, 3.8) is 0 Å². The summed E-state index contributed by atoms with van der Waals surface area (Å²) in [6.45, 7) is 4.03. The number of carbonyl (C=O) groups is 1. The van der Waals surface area contributed by atoms with Gasteiger partial charge in [-0.2, -0.15) is 0 Å². The van der Waals surface area contributed by atoms with Crippen LogP contribution in [0.1, 0.15) is 26.9 Å². The van der Waals surface area contributed by atoms with Crippen LogP contribution in [-0.4, -0.2) is 20.4 Å². The smallest absolute Gasteiger partial charge is 0.293 e. The Hall–Kier alpha value is -3.26. The van der Waals surface area contributed by atoms with Crippen molar-refractivity contribution in [2.45, 2.75) is 20.4 Å². The molecule has 0 unspecified atom stereocenters. The Bertz CT molecular complexity index is 1190. The maximum absolute atomic E-state index is 12.5. The third kappa shape index (κ3) is 3.39. The molecular formula is C19H16N4O3S. The minimum absolute atomic E-state index is 0.156. The highest BCUT2D eigenvalue weighted by molar-refractivity contribution is 7.15. The molecule has 7 nitrogen and oxygen atoms in total. The number of hydrogen-bond donors (Lipinski definition) is 1. The van der Waals surface area contributed by atoms with Gasteiger partial charge in [-0.3, -0.25) is 19.5 Å². The number of furan rings is 1. The third-order valence-electron chi connectivity index (χ3n) is 4.19. The summed E-state index contributed by atoms with van der Waals surface area (Å²) >= 11 is 1.41. The van der Waals surface area contributed by atoms with Crippen LogP contribution in [0, 0.1) is 13.8 Å². The van der Waals surface area contributed by atoms with Gasteiger partial charge in [0.1, 0.15) is 5.76 Å². The van der Waals surface area contributed by atoms with E-state index in [1.807, 2.05) is 19.9 Å². The van der Waals surface area contributed by atoms with Crippen LogP contribution in [0.4, 0.5) is 5.13 Å². The van der Waals surface area contributed by atoms with Gasteiger partial charge in [0.2, 0.25) is 0 Å². The van der Waals surface area contributed by atoms with Gasteiger partial charge in [0.25, 0.3) is 11.5 Å². The Morgan fingerprint density at radius 2 is 2.04 bits per heavy atom. The molecule has 0 aliphatic carbocycles. The van der Waals surface area contributed by atoms with Gasteiger partial charge in [0.05, 0.1) is 29.5 Å². The van der Waals surface area contributed by atoms with Gasteiger partial charge in [-0.1, -0.05) is 12.1 Å². The predicted molar refractivity (Wildman–Crippen MR) is 103 cm³/mol. The minimum Gasteiger partial charge on any atom is -0.454 e. The van der Waals surface area contributed by atoms with E-state index in [0.29, 0.717) is 21.8 Å². The van der Waals surface area contributed by atoms with E-state index >= 15 is 0 Å². The number of carbonyl (C=O) groups excluding carboxylic acids is 1. The highest BCUT2D eigenvalue weighted by atomic mass is 32.1. The zero-order valence-corrected chi connectivity index (χ0v) is 15.5. The number of fused-ring (bicyclic) bond motifs is 1. The van der Waals surface area contributed by atoms with Crippen molar-refractivity contribution in [1.82, 2.24) is 14.5 Å². The highest BCUT2D eigenvalue weighted by Gasteiger charge is 2.15. The minimum atomic E-state index is -0.376. The Balaban J connectivity index is 1.53. The van der Waals surface area contributed by atoms with Crippen LogP contribution in [0.15, 0.2) is 51.9 Å². The van der Waals surface area contributed by atoms with E-state index in [2.05, 4.69) is 15.3 Å². The maximum Gasteiger partial charge on any atom is 0.293 e. The normalized spacial score (nSPS) is 11.0. The van der Waals surface area contributed by atoms with Gasteiger partial charge in [-0.15, -0.1) is 11.3 Å². The molecule has 0 fully saturated rings. The van der Waals surface area contributed by atoms with Crippen molar-refractivity contribution in [2.75, 3.05) is 5.32 Å². The number of amides is 1. The average molecular weight is 380 g/mol. The van der Waals surface area contributed by atoms with Crippen LogP contribution >= 0.6 is 11.3 Å². The number of aryl methyl sites for hydroxylation is 2. The summed E-state index contributed by atoms with van der Waals surface area (Å²) in [6, 6.07) is 10.4. The number of rotatable bonds is 4. The van der Waals surface area contributed by atoms with E-state index < -0.39 is 0 Å². The number of thiazole rings is 1. The molecule has 136 valence electrons. The van der Waals surface area contributed by atoms with Crippen LogP contribution in [0.2, 0.25) is 0 Å². The molecule has 0 aliphatic rings. The topological polar surface area (TPSA) is 90.0 Å². The summed E-state index contributed by atoms with van der Waals surface area (Å²) in [5.74, 6) is 0.280. The lowest BCUT2D eigenvalue weighted by Crippen LogP contribution is -2.20. The molecule has 0 saturated heterocycles. The Labute approximate surface area is 158 Å². The Kier molecular flexibility index (Phi) is 4.33. The number of nitrogens with one attached hydrogen (secondary N) is 1. The first-order valence-corrected chi connectivity index (χ1v) is 9.11. The predicted octanol–water partition coefficient (Wildman–Crippen LogP) is 3.36. The van der Waals surface area contributed by atoms with E-state index in [-0.39, 0.29) is 23.8 Å². The quantitative estimate of drug-likeness (QED) is 0.586. The van der Waals surface area contributed by atoms with E-state index in [0.717, 1.165) is 10.6 Å². The first kappa shape index (κ1) is 17.2. The highest BCUT2D eigenvalue weighted by Crippen LogP contribution is 2.22. The molecule has 0 aliphatic heterocycles. The summed E-state index contributed by atoms with van der Waals surface area (Å²) in [7, 11) is 0. The van der Waals surface area contributed by atoms with E-state index in [1.165, 1.54) is 22.2 Å². The average Bonchev–Trinajstić information content (AvgIpc) is 3.24. The van der Waals surface area contributed by atoms with E-state index in [4.69, 9.17) is 4.42 Å². The second-order valence-electron chi connectivity index (χ2n) is 6.08. The monoisotopic (exact) mass is 380 g/mol. The summed E-state index contributed by atoms with van der Waals surface area (Å²) in [5.41, 5.74) is 1.38. The summed E-state index contributed by atoms with van der Waals surface area (Å²) in [6.07, 6.45) is 1.48.